The number of nitrogens with zero attached hydrogens (tertiary/aromatic N) is 2. The van der Waals surface area contributed by atoms with E-state index in [1.807, 2.05) is 0 Å². The molecule has 6 rings (SSSR count). The van der Waals surface area contributed by atoms with Crippen molar-refractivity contribution in [3.8, 4) is 0 Å². The van der Waals surface area contributed by atoms with Crippen molar-refractivity contribution in [1.82, 2.24) is 9.97 Å². The lowest BCUT2D eigenvalue weighted by Gasteiger charge is -2.21. The van der Waals surface area contributed by atoms with Gasteiger partial charge in [0.1, 0.15) is 0 Å². The summed E-state index contributed by atoms with van der Waals surface area (Å²) in [6, 6.07) is 13.0. The van der Waals surface area contributed by atoms with Crippen molar-refractivity contribution in [2.45, 2.75) is 112 Å². The van der Waals surface area contributed by atoms with Crippen LogP contribution in [-0.4, -0.2) is 75.2 Å². The second kappa shape index (κ2) is 22.5. The van der Waals surface area contributed by atoms with Crippen LogP contribution in [0, 0.1) is 11.8 Å². The summed E-state index contributed by atoms with van der Waals surface area (Å²) in [5.41, 5.74) is 1.52. The molecule has 0 spiro atoms. The highest BCUT2D eigenvalue weighted by atomic mass is 32.2. The van der Waals surface area contributed by atoms with E-state index in [0.717, 1.165) is 85.0 Å². The van der Waals surface area contributed by atoms with Crippen LogP contribution in [0.1, 0.15) is 128 Å². The van der Waals surface area contributed by atoms with Crippen molar-refractivity contribution in [2.75, 3.05) is 36.4 Å². The number of anilines is 2. The van der Waals surface area contributed by atoms with E-state index in [-0.39, 0.29) is 56.5 Å². The molecule has 2 aliphatic rings. The van der Waals surface area contributed by atoms with Crippen LogP contribution in [0.25, 0.3) is 0 Å². The van der Waals surface area contributed by atoms with Gasteiger partial charge in [0.05, 0.1) is 50.8 Å². The molecule has 2 amide bonds. The SMILES string of the molecule is CC(=O)c1cnc(NC(=O)[C@H](CC2CCCC2)c2ccc(S(C)(=O)=O)cc2)s1.CCOP(=O)(OCC)C(O)c1cnc(NC(=O)[C@H](CC2CCCC2)c2ccc(S(C)(=O)=O)cc2)s1. The second-order valence-corrected chi connectivity index (χ2v) is 24.2. The van der Waals surface area contributed by atoms with Gasteiger partial charge in [0, 0.05) is 25.6 Å². The first kappa shape index (κ1) is 50.3. The van der Waals surface area contributed by atoms with Crippen molar-refractivity contribution in [1.29, 1.82) is 0 Å². The number of benzene rings is 2. The summed E-state index contributed by atoms with van der Waals surface area (Å²) in [6.07, 6.45) is 15.5. The fraction of sp³-hybridized carbons (Fsp3) is 0.512. The topological polar surface area (TPSA) is 225 Å². The molecule has 20 heteroatoms. The Morgan fingerprint density at radius 3 is 1.48 bits per heavy atom. The van der Waals surface area contributed by atoms with E-state index in [0.29, 0.717) is 28.3 Å². The summed E-state index contributed by atoms with van der Waals surface area (Å²) in [5, 5.41) is 16.9. The average Bonchev–Trinajstić information content (AvgIpc) is 4.08. The van der Waals surface area contributed by atoms with Gasteiger partial charge in [-0.05, 0) is 73.9 Å². The maximum absolute atomic E-state index is 13.3. The summed E-state index contributed by atoms with van der Waals surface area (Å²) < 4.78 is 70.4. The van der Waals surface area contributed by atoms with E-state index in [2.05, 4.69) is 20.6 Å². The van der Waals surface area contributed by atoms with Gasteiger partial charge in [0.2, 0.25) is 11.8 Å². The van der Waals surface area contributed by atoms with Gasteiger partial charge in [-0.25, -0.2) is 26.8 Å². The van der Waals surface area contributed by atoms with Gasteiger partial charge < -0.3 is 24.8 Å². The van der Waals surface area contributed by atoms with Gasteiger partial charge in [-0.1, -0.05) is 98.3 Å². The molecule has 4 aromatic rings. The van der Waals surface area contributed by atoms with Gasteiger partial charge in [-0.15, -0.1) is 0 Å². The summed E-state index contributed by atoms with van der Waals surface area (Å²) in [7, 11) is -10.4. The minimum atomic E-state index is -3.79. The molecular formula is C43H57N4O11PS4. The van der Waals surface area contributed by atoms with Crippen LogP contribution < -0.4 is 10.6 Å². The van der Waals surface area contributed by atoms with Gasteiger partial charge in [0.25, 0.3) is 0 Å². The third-order valence-corrected chi connectivity index (χ3v) is 17.7. The minimum absolute atomic E-state index is 0.0862. The number of aliphatic hydroxyl groups is 1. The first-order valence-electron chi connectivity index (χ1n) is 21.0. The number of rotatable bonds is 19. The van der Waals surface area contributed by atoms with Crippen LogP contribution in [0.2, 0.25) is 0 Å². The maximum Gasteiger partial charge on any atom is 0.364 e. The Hall–Kier alpha value is -3.68. The van der Waals surface area contributed by atoms with Crippen LogP contribution in [-0.2, 0) is 42.9 Å². The lowest BCUT2D eigenvalue weighted by Crippen LogP contribution is -2.23. The molecule has 3 N–H and O–H groups in total. The molecule has 0 aliphatic heterocycles. The van der Waals surface area contributed by atoms with E-state index >= 15 is 0 Å². The molecule has 2 aromatic heterocycles. The molecule has 2 aliphatic carbocycles. The van der Waals surface area contributed by atoms with E-state index in [4.69, 9.17) is 9.05 Å². The van der Waals surface area contributed by atoms with Crippen molar-refractivity contribution < 1.29 is 49.9 Å². The highest BCUT2D eigenvalue weighted by Crippen LogP contribution is 2.60. The van der Waals surface area contributed by atoms with E-state index in [1.165, 1.54) is 50.5 Å². The van der Waals surface area contributed by atoms with Crippen LogP contribution >= 0.6 is 30.3 Å². The molecule has 0 radical (unpaired) electrons. The van der Waals surface area contributed by atoms with Gasteiger partial charge >= 0.3 is 7.60 Å². The van der Waals surface area contributed by atoms with Crippen molar-refractivity contribution in [2.24, 2.45) is 11.8 Å². The zero-order valence-electron chi connectivity index (χ0n) is 36.1. The van der Waals surface area contributed by atoms with Gasteiger partial charge in [0.15, 0.2) is 41.6 Å². The van der Waals surface area contributed by atoms with Gasteiger partial charge in [-0.3, -0.25) is 18.9 Å². The Morgan fingerprint density at radius 2 is 1.11 bits per heavy atom. The van der Waals surface area contributed by atoms with E-state index in [9.17, 15) is 40.9 Å². The van der Waals surface area contributed by atoms with Crippen LogP contribution in [0.15, 0.2) is 70.7 Å². The zero-order chi connectivity index (χ0) is 46.0. The number of thiazole rings is 2. The first-order chi connectivity index (χ1) is 29.8. The third kappa shape index (κ3) is 14.2. The predicted molar refractivity (Wildman–Crippen MR) is 245 cm³/mol. The first-order valence-corrected chi connectivity index (χ1v) is 28.0. The van der Waals surface area contributed by atoms with Crippen molar-refractivity contribution in [3.63, 3.8) is 0 Å². The summed E-state index contributed by atoms with van der Waals surface area (Å²) in [4.78, 5) is 47.3. The maximum atomic E-state index is 13.3. The van der Waals surface area contributed by atoms with Crippen molar-refractivity contribution >= 4 is 77.8 Å². The monoisotopic (exact) mass is 964 g/mol. The molecular weight excluding hydrogens is 908 g/mol. The number of amides is 2. The molecule has 15 nitrogen and oxygen atoms in total. The third-order valence-electron chi connectivity index (χ3n) is 11.2. The molecule has 2 aromatic carbocycles. The highest BCUT2D eigenvalue weighted by Gasteiger charge is 2.37. The van der Waals surface area contributed by atoms with Crippen molar-refractivity contribution in [3.05, 3.63) is 81.8 Å². The van der Waals surface area contributed by atoms with Gasteiger partial charge in [-0.2, -0.15) is 0 Å². The normalized spacial score (nSPS) is 16.5. The van der Waals surface area contributed by atoms with Crippen LogP contribution in [0.4, 0.5) is 10.3 Å². The van der Waals surface area contributed by atoms with E-state index < -0.39 is 39.0 Å². The Morgan fingerprint density at radius 1 is 0.714 bits per heavy atom. The number of Topliss-reactive ketones (excluding diaryl/α,β-unsaturated/α-hetero) is 1. The Kier molecular flexibility index (Phi) is 18.0. The molecule has 0 saturated heterocycles. The number of sulfone groups is 2. The molecule has 2 fully saturated rings. The second-order valence-electron chi connectivity index (χ2n) is 15.9. The number of hydrogen-bond acceptors (Lipinski definition) is 15. The number of aromatic nitrogens is 2. The number of ketones is 1. The Balaban J connectivity index is 0.000000243. The molecule has 2 saturated carbocycles. The number of carbonyl (C=O) groups is 3. The lowest BCUT2D eigenvalue weighted by atomic mass is 9.87. The van der Waals surface area contributed by atoms with E-state index in [1.54, 1.807) is 50.2 Å². The predicted octanol–water partition coefficient (Wildman–Crippen LogP) is 9.16. The van der Waals surface area contributed by atoms with Crippen LogP contribution in [0.3, 0.4) is 0 Å². The lowest BCUT2D eigenvalue weighted by molar-refractivity contribution is -0.118. The zero-order valence-corrected chi connectivity index (χ0v) is 40.3. The molecule has 63 heavy (non-hydrogen) atoms. The summed E-state index contributed by atoms with van der Waals surface area (Å²) in [6.45, 7) is 4.99. The number of nitrogens with one attached hydrogen (secondary N) is 2. The Bertz CT molecular complexity index is 2430. The average molecular weight is 965 g/mol. The quantitative estimate of drug-likeness (QED) is 0.0589. The fourth-order valence-electron chi connectivity index (χ4n) is 7.88. The smallest absolute Gasteiger partial charge is 0.364 e. The largest absolute Gasteiger partial charge is 0.375 e. The van der Waals surface area contributed by atoms with Crippen LogP contribution in [0.5, 0.6) is 0 Å². The Labute approximate surface area is 378 Å². The molecule has 1 unspecified atom stereocenters. The summed E-state index contributed by atoms with van der Waals surface area (Å²) in [5.74, 6) is -2.02. The number of hydrogen-bond donors (Lipinski definition) is 3. The molecule has 0 bridgehead atoms. The number of aliphatic hydroxyl groups excluding tert-OH is 1. The standard InChI is InChI=1S/C23H33N2O7PS2.C20H24N2O4S2/c1-4-31-33(28,32-5-2)22(27)20-15-24-23(34-20)25-21(26)19(14-16-8-6-7-9-16)17-10-12-18(13-11-17)35(3,29)30;1-13(23)18-12-21-20(27-18)22-19(24)17(11-14-5-3-4-6-14)15-7-9-16(10-8-15)28(2,25)26/h10-13,15-16,19,22,27H,4-9,14H2,1-3H3,(H,24,25,26);7-10,12,14,17H,3-6,11H2,1-2H3,(H,21,22,24)/t19-,22?;17-/m11/s1. The molecule has 3 atom stereocenters. The molecule has 2 heterocycles. The highest BCUT2D eigenvalue weighted by molar-refractivity contribution is 7.91. The number of carbonyl (C=O) groups excluding carboxylic acids is 3. The summed E-state index contributed by atoms with van der Waals surface area (Å²) >= 11 is 2.16. The minimum Gasteiger partial charge on any atom is -0.375 e. The fourth-order valence-corrected chi connectivity index (χ4v) is 12.5. The molecule has 344 valence electrons.